The van der Waals surface area contributed by atoms with Crippen molar-refractivity contribution in [3.8, 4) is 10.6 Å². The lowest BCUT2D eigenvalue weighted by Crippen LogP contribution is -2.33. The fraction of sp³-hybridized carbons (Fsp3) is 0.400. The topological polar surface area (TPSA) is 72.1 Å². The maximum atomic E-state index is 12.6. The molecule has 0 spiro atoms. The SMILES string of the molecule is CC1CC(CN)CN1C(=O)c1cnc(-c2ccncc2)s1.Cl.Cl. The van der Waals surface area contributed by atoms with Crippen LogP contribution in [0.3, 0.4) is 0 Å². The number of hydrogen-bond donors (Lipinski definition) is 1. The molecule has 1 amide bonds. The van der Waals surface area contributed by atoms with Crippen LogP contribution in [0.15, 0.2) is 30.7 Å². The van der Waals surface area contributed by atoms with Crippen LogP contribution >= 0.6 is 36.2 Å². The number of halogens is 2. The number of likely N-dealkylation sites (tertiary alicyclic amines) is 1. The summed E-state index contributed by atoms with van der Waals surface area (Å²) in [4.78, 5) is 23.6. The first-order valence-corrected chi connectivity index (χ1v) is 7.88. The Hall–Kier alpha value is -1.21. The molecule has 1 fully saturated rings. The van der Waals surface area contributed by atoms with Crippen molar-refractivity contribution in [2.24, 2.45) is 11.7 Å². The Labute approximate surface area is 152 Å². The highest BCUT2D eigenvalue weighted by molar-refractivity contribution is 7.16. The smallest absolute Gasteiger partial charge is 0.265 e. The lowest BCUT2D eigenvalue weighted by atomic mass is 10.1. The Kier molecular flexibility index (Phi) is 7.41. The highest BCUT2D eigenvalue weighted by atomic mass is 35.5. The minimum Gasteiger partial charge on any atom is -0.335 e. The van der Waals surface area contributed by atoms with Crippen molar-refractivity contribution in [2.45, 2.75) is 19.4 Å². The molecule has 23 heavy (non-hydrogen) atoms. The summed E-state index contributed by atoms with van der Waals surface area (Å²) in [5.74, 6) is 0.479. The molecule has 0 aliphatic carbocycles. The lowest BCUT2D eigenvalue weighted by molar-refractivity contribution is 0.0748. The first-order valence-electron chi connectivity index (χ1n) is 7.06. The minimum atomic E-state index is 0. The predicted octanol–water partition coefficient (Wildman–Crippen LogP) is 2.86. The summed E-state index contributed by atoms with van der Waals surface area (Å²) < 4.78 is 0. The number of thiazole rings is 1. The van der Waals surface area contributed by atoms with E-state index in [9.17, 15) is 4.79 Å². The number of pyridine rings is 1. The van der Waals surface area contributed by atoms with Crippen molar-refractivity contribution < 1.29 is 4.79 Å². The molecule has 3 rings (SSSR count). The van der Waals surface area contributed by atoms with Gasteiger partial charge in [-0.15, -0.1) is 36.2 Å². The molecule has 0 bridgehead atoms. The maximum absolute atomic E-state index is 12.6. The second-order valence-corrected chi connectivity index (χ2v) is 6.44. The Morgan fingerprint density at radius 3 is 2.70 bits per heavy atom. The van der Waals surface area contributed by atoms with Crippen LogP contribution in [-0.2, 0) is 0 Å². The van der Waals surface area contributed by atoms with Crippen LogP contribution in [0.5, 0.6) is 0 Å². The summed E-state index contributed by atoms with van der Waals surface area (Å²) in [5.41, 5.74) is 6.71. The first-order chi connectivity index (χ1) is 10.2. The maximum Gasteiger partial charge on any atom is 0.265 e. The molecule has 2 unspecified atom stereocenters. The summed E-state index contributed by atoms with van der Waals surface area (Å²) in [6.45, 7) is 3.47. The number of rotatable bonds is 3. The van der Waals surface area contributed by atoms with E-state index in [2.05, 4.69) is 16.9 Å². The molecule has 0 saturated carbocycles. The molecule has 2 N–H and O–H groups in total. The first kappa shape index (κ1) is 19.8. The van der Waals surface area contributed by atoms with E-state index < -0.39 is 0 Å². The number of aromatic nitrogens is 2. The van der Waals surface area contributed by atoms with E-state index in [1.54, 1.807) is 18.6 Å². The molecular formula is C15H20Cl2N4OS. The average Bonchev–Trinajstić information content (AvgIpc) is 3.14. The molecule has 2 aromatic heterocycles. The number of nitrogens with zero attached hydrogens (tertiary/aromatic N) is 3. The molecule has 5 nitrogen and oxygen atoms in total. The number of amides is 1. The molecule has 2 atom stereocenters. The van der Waals surface area contributed by atoms with E-state index in [1.807, 2.05) is 17.0 Å². The fourth-order valence-electron chi connectivity index (χ4n) is 2.74. The van der Waals surface area contributed by atoms with E-state index in [1.165, 1.54) is 11.3 Å². The molecule has 1 saturated heterocycles. The molecule has 126 valence electrons. The van der Waals surface area contributed by atoms with Gasteiger partial charge in [0.1, 0.15) is 9.88 Å². The number of nitrogens with two attached hydrogens (primary N) is 1. The van der Waals surface area contributed by atoms with E-state index in [4.69, 9.17) is 5.73 Å². The van der Waals surface area contributed by atoms with Crippen LogP contribution in [0.2, 0.25) is 0 Å². The lowest BCUT2D eigenvalue weighted by Gasteiger charge is -2.20. The van der Waals surface area contributed by atoms with Gasteiger partial charge in [0.25, 0.3) is 5.91 Å². The van der Waals surface area contributed by atoms with Crippen molar-refractivity contribution in [1.29, 1.82) is 0 Å². The van der Waals surface area contributed by atoms with Gasteiger partial charge < -0.3 is 10.6 Å². The van der Waals surface area contributed by atoms with Crippen LogP contribution < -0.4 is 5.73 Å². The normalized spacial score (nSPS) is 19.8. The summed E-state index contributed by atoms with van der Waals surface area (Å²) in [6, 6.07) is 4.05. The second-order valence-electron chi connectivity index (χ2n) is 5.41. The summed E-state index contributed by atoms with van der Waals surface area (Å²) in [7, 11) is 0. The second kappa shape index (κ2) is 8.59. The molecule has 1 aliphatic rings. The van der Waals surface area contributed by atoms with E-state index >= 15 is 0 Å². The van der Waals surface area contributed by atoms with E-state index in [-0.39, 0.29) is 36.8 Å². The third-order valence-electron chi connectivity index (χ3n) is 3.90. The van der Waals surface area contributed by atoms with Gasteiger partial charge >= 0.3 is 0 Å². The molecule has 0 aromatic carbocycles. The Morgan fingerprint density at radius 2 is 2.09 bits per heavy atom. The van der Waals surface area contributed by atoms with Gasteiger partial charge in [0.05, 0.1) is 6.20 Å². The molecular weight excluding hydrogens is 355 g/mol. The van der Waals surface area contributed by atoms with Gasteiger partial charge in [-0.1, -0.05) is 0 Å². The third-order valence-corrected chi connectivity index (χ3v) is 4.93. The van der Waals surface area contributed by atoms with Crippen LogP contribution in [-0.4, -0.2) is 39.9 Å². The van der Waals surface area contributed by atoms with Crippen molar-refractivity contribution in [3.05, 3.63) is 35.6 Å². The van der Waals surface area contributed by atoms with Gasteiger partial charge in [0, 0.05) is 30.5 Å². The van der Waals surface area contributed by atoms with Crippen LogP contribution in [0.1, 0.15) is 23.0 Å². The van der Waals surface area contributed by atoms with Crippen LogP contribution in [0.4, 0.5) is 0 Å². The highest BCUT2D eigenvalue weighted by Gasteiger charge is 2.32. The quantitative estimate of drug-likeness (QED) is 0.896. The largest absolute Gasteiger partial charge is 0.335 e. The summed E-state index contributed by atoms with van der Waals surface area (Å²) in [5, 5.41) is 0.850. The predicted molar refractivity (Wildman–Crippen MR) is 97.5 cm³/mol. The molecule has 3 heterocycles. The van der Waals surface area contributed by atoms with Crippen molar-refractivity contribution >= 4 is 42.1 Å². The number of carbonyl (C=O) groups is 1. The van der Waals surface area contributed by atoms with Crippen molar-refractivity contribution in [1.82, 2.24) is 14.9 Å². The number of hydrogen-bond acceptors (Lipinski definition) is 5. The Bertz CT molecular complexity index is 637. The average molecular weight is 375 g/mol. The van der Waals surface area contributed by atoms with E-state index in [0.717, 1.165) is 23.5 Å². The summed E-state index contributed by atoms with van der Waals surface area (Å²) >= 11 is 1.43. The van der Waals surface area contributed by atoms with Gasteiger partial charge in [0.2, 0.25) is 0 Å². The molecule has 1 aliphatic heterocycles. The third kappa shape index (κ3) is 4.20. The standard InChI is InChI=1S/C15H18N4OS.2ClH/c1-10-6-11(7-16)9-19(10)15(20)13-8-18-14(21-13)12-2-4-17-5-3-12;;/h2-5,8,10-11H,6-7,9,16H2,1H3;2*1H. The van der Waals surface area contributed by atoms with Crippen molar-refractivity contribution in [2.75, 3.05) is 13.1 Å². The van der Waals surface area contributed by atoms with E-state index in [0.29, 0.717) is 17.3 Å². The zero-order chi connectivity index (χ0) is 14.8. The Morgan fingerprint density at radius 1 is 1.39 bits per heavy atom. The van der Waals surface area contributed by atoms with Crippen molar-refractivity contribution in [3.63, 3.8) is 0 Å². The van der Waals surface area contributed by atoms with Gasteiger partial charge in [-0.3, -0.25) is 9.78 Å². The molecule has 8 heteroatoms. The van der Waals surface area contributed by atoms with Crippen LogP contribution in [0, 0.1) is 5.92 Å². The van der Waals surface area contributed by atoms with Gasteiger partial charge in [0.15, 0.2) is 0 Å². The summed E-state index contributed by atoms with van der Waals surface area (Å²) in [6.07, 6.45) is 6.11. The highest BCUT2D eigenvalue weighted by Crippen LogP contribution is 2.29. The van der Waals surface area contributed by atoms with Gasteiger partial charge in [-0.2, -0.15) is 0 Å². The monoisotopic (exact) mass is 374 g/mol. The van der Waals surface area contributed by atoms with Gasteiger partial charge in [-0.25, -0.2) is 4.98 Å². The van der Waals surface area contributed by atoms with Gasteiger partial charge in [-0.05, 0) is 37.9 Å². The Balaban J connectivity index is 0.00000132. The zero-order valence-corrected chi connectivity index (χ0v) is 15.2. The molecule has 2 aromatic rings. The fourth-order valence-corrected chi connectivity index (χ4v) is 3.62. The van der Waals surface area contributed by atoms with Crippen LogP contribution in [0.25, 0.3) is 10.6 Å². The number of carbonyl (C=O) groups excluding carboxylic acids is 1. The minimum absolute atomic E-state index is 0. The molecule has 0 radical (unpaired) electrons. The zero-order valence-electron chi connectivity index (χ0n) is 12.7.